The predicted octanol–water partition coefficient (Wildman–Crippen LogP) is 5.36. The van der Waals surface area contributed by atoms with Crippen molar-refractivity contribution >= 4 is 23.8 Å². The van der Waals surface area contributed by atoms with Gasteiger partial charge in [-0.05, 0) is 63.4 Å². The molecule has 0 bridgehead atoms. The highest BCUT2D eigenvalue weighted by Gasteiger charge is 2.34. The Morgan fingerprint density at radius 2 is 1.63 bits per heavy atom. The summed E-state index contributed by atoms with van der Waals surface area (Å²) < 4.78 is 5.47. The zero-order valence-corrected chi connectivity index (χ0v) is 32.2. The number of hydrogen-bond donors (Lipinski definition) is 6. The first-order valence-corrected chi connectivity index (χ1v) is 19.3. The molecule has 1 saturated carbocycles. The fourth-order valence-electron chi connectivity index (χ4n) is 6.76. The highest BCUT2D eigenvalue weighted by molar-refractivity contribution is 5.91. The molecule has 1 aromatic heterocycles. The first kappa shape index (κ1) is 42.5. The maximum Gasteiger partial charge on any atom is 0.408 e. The zero-order chi connectivity index (χ0) is 38.1. The number of ether oxygens (including phenoxy) is 1. The second-order valence-corrected chi connectivity index (χ2v) is 15.8. The maximum atomic E-state index is 14.2. The van der Waals surface area contributed by atoms with E-state index in [-0.39, 0.29) is 30.6 Å². The molecule has 1 aliphatic rings. The normalized spacial score (nSPS) is 16.6. The summed E-state index contributed by atoms with van der Waals surface area (Å²) in [6.45, 7) is 12.0. The number of aliphatic hydroxyl groups is 1. The van der Waals surface area contributed by atoms with E-state index in [0.717, 1.165) is 44.1 Å². The average Bonchev–Trinajstić information content (AvgIpc) is 3.60. The summed E-state index contributed by atoms with van der Waals surface area (Å²) in [7, 11) is 0. The number of alkyl carbamates (subject to hydrolysis) is 1. The number of aromatic amines is 1. The van der Waals surface area contributed by atoms with E-state index < -0.39 is 47.7 Å². The minimum Gasteiger partial charge on any atom is -0.444 e. The highest BCUT2D eigenvalue weighted by atomic mass is 16.6. The molecular formula is C40H64N6O6. The molecule has 0 saturated heterocycles. The lowest BCUT2D eigenvalue weighted by Crippen LogP contribution is -2.57. The number of carbonyl (C=O) groups excluding carboxylic acids is 4. The minimum absolute atomic E-state index is 0.0282. The van der Waals surface area contributed by atoms with Crippen LogP contribution >= 0.6 is 0 Å². The van der Waals surface area contributed by atoms with Crippen molar-refractivity contribution < 1.29 is 29.0 Å². The van der Waals surface area contributed by atoms with Crippen LogP contribution in [0.15, 0.2) is 42.9 Å². The van der Waals surface area contributed by atoms with Crippen LogP contribution in [0.25, 0.3) is 0 Å². The molecule has 2 aromatic rings. The number of carbonyl (C=O) groups is 4. The number of H-pyrrole nitrogens is 1. The number of rotatable bonds is 20. The lowest BCUT2D eigenvalue weighted by atomic mass is 9.80. The Morgan fingerprint density at radius 1 is 0.962 bits per heavy atom. The summed E-state index contributed by atoms with van der Waals surface area (Å²) in [6, 6.07) is 6.64. The smallest absolute Gasteiger partial charge is 0.408 e. The van der Waals surface area contributed by atoms with Crippen LogP contribution in [0.2, 0.25) is 0 Å². The van der Waals surface area contributed by atoms with Gasteiger partial charge in [-0.15, -0.1) is 0 Å². The molecule has 1 aliphatic carbocycles. The van der Waals surface area contributed by atoms with E-state index in [1.54, 1.807) is 27.0 Å². The van der Waals surface area contributed by atoms with Gasteiger partial charge in [0.25, 0.3) is 0 Å². The van der Waals surface area contributed by atoms with Crippen LogP contribution in [0, 0.1) is 17.8 Å². The van der Waals surface area contributed by atoms with E-state index in [9.17, 15) is 24.3 Å². The van der Waals surface area contributed by atoms with Crippen LogP contribution in [0.1, 0.15) is 117 Å². The average molecular weight is 725 g/mol. The molecule has 0 aliphatic heterocycles. The Morgan fingerprint density at radius 3 is 2.25 bits per heavy atom. The Labute approximate surface area is 310 Å². The molecule has 52 heavy (non-hydrogen) atoms. The van der Waals surface area contributed by atoms with Crippen LogP contribution in [-0.4, -0.2) is 75.3 Å². The summed E-state index contributed by atoms with van der Waals surface area (Å²) in [6.07, 6.45) is 10.4. The van der Waals surface area contributed by atoms with Gasteiger partial charge in [0.1, 0.15) is 17.7 Å². The first-order chi connectivity index (χ1) is 24.7. The Balaban J connectivity index is 1.84. The van der Waals surface area contributed by atoms with Crippen molar-refractivity contribution in [3.63, 3.8) is 0 Å². The minimum atomic E-state index is -1.04. The molecule has 1 heterocycles. The van der Waals surface area contributed by atoms with Gasteiger partial charge < -0.3 is 36.1 Å². The van der Waals surface area contributed by atoms with E-state index in [1.165, 1.54) is 12.7 Å². The third kappa shape index (κ3) is 15.8. The van der Waals surface area contributed by atoms with Crippen molar-refractivity contribution in [2.45, 2.75) is 148 Å². The van der Waals surface area contributed by atoms with E-state index in [2.05, 4.69) is 52.0 Å². The van der Waals surface area contributed by atoms with Gasteiger partial charge >= 0.3 is 6.09 Å². The predicted molar refractivity (Wildman–Crippen MR) is 202 cm³/mol. The quantitative estimate of drug-likeness (QED) is 0.0998. The molecule has 1 fully saturated rings. The standard InChI is InChI=1S/C40H64N6O6/c1-7-8-19-42-36(48)23-30(27(2)3)22-35(47)32(20-28-15-11-9-12-16-28)44-38(50)34(24-31-25-41-26-43-31)45-37(49)33(21-29-17-13-10-14-18-29)46-39(51)52-40(4,5)6/h10,13-14,17-18,25-28,30,32-35,47H,7-9,11-12,15-16,19-24H2,1-6H3,(H,41,43)(H,42,48)(H,44,50)(H,45,49)(H,46,51)/t30-,32+,33+,34+,35+/m1/s1. The van der Waals surface area contributed by atoms with Crippen molar-refractivity contribution in [1.82, 2.24) is 31.2 Å². The van der Waals surface area contributed by atoms with E-state index in [0.29, 0.717) is 37.4 Å². The Kier molecular flexibility index (Phi) is 17.6. The summed E-state index contributed by atoms with van der Waals surface area (Å²) in [5.74, 6) is -0.619. The molecule has 5 atom stereocenters. The highest BCUT2D eigenvalue weighted by Crippen LogP contribution is 2.30. The van der Waals surface area contributed by atoms with Crippen molar-refractivity contribution in [2.24, 2.45) is 17.8 Å². The van der Waals surface area contributed by atoms with Crippen LogP contribution in [0.4, 0.5) is 4.79 Å². The number of aliphatic hydroxyl groups excluding tert-OH is 1. The molecule has 12 nitrogen and oxygen atoms in total. The molecule has 1 aromatic carbocycles. The van der Waals surface area contributed by atoms with E-state index in [4.69, 9.17) is 4.74 Å². The lowest BCUT2D eigenvalue weighted by molar-refractivity contribution is -0.131. The first-order valence-electron chi connectivity index (χ1n) is 19.3. The zero-order valence-electron chi connectivity index (χ0n) is 32.2. The van der Waals surface area contributed by atoms with Gasteiger partial charge in [-0.2, -0.15) is 0 Å². The van der Waals surface area contributed by atoms with Crippen LogP contribution < -0.4 is 21.3 Å². The number of aromatic nitrogens is 2. The number of amides is 4. The van der Waals surface area contributed by atoms with Gasteiger partial charge in [-0.3, -0.25) is 14.4 Å². The second-order valence-electron chi connectivity index (χ2n) is 15.8. The van der Waals surface area contributed by atoms with Gasteiger partial charge in [0.15, 0.2) is 0 Å². The molecule has 6 N–H and O–H groups in total. The summed E-state index contributed by atoms with van der Waals surface area (Å²) in [5, 5.41) is 23.5. The molecule has 4 amide bonds. The van der Waals surface area contributed by atoms with Gasteiger partial charge in [-0.1, -0.05) is 89.6 Å². The van der Waals surface area contributed by atoms with Crippen molar-refractivity contribution in [2.75, 3.05) is 6.54 Å². The van der Waals surface area contributed by atoms with Crippen molar-refractivity contribution in [1.29, 1.82) is 0 Å². The number of hydrogen-bond acceptors (Lipinski definition) is 7. The third-order valence-electron chi connectivity index (χ3n) is 9.79. The van der Waals surface area contributed by atoms with Gasteiger partial charge in [0, 0.05) is 37.7 Å². The van der Waals surface area contributed by atoms with Gasteiger partial charge in [0.05, 0.1) is 18.5 Å². The summed E-state index contributed by atoms with van der Waals surface area (Å²) in [4.78, 5) is 61.0. The Hall–Kier alpha value is -3.93. The van der Waals surface area contributed by atoms with Gasteiger partial charge in [-0.25, -0.2) is 9.78 Å². The fraction of sp³-hybridized carbons (Fsp3) is 0.675. The maximum absolute atomic E-state index is 14.2. The summed E-state index contributed by atoms with van der Waals surface area (Å²) in [5.41, 5.74) is 0.684. The molecule has 290 valence electrons. The van der Waals surface area contributed by atoms with Crippen molar-refractivity contribution in [3.8, 4) is 0 Å². The van der Waals surface area contributed by atoms with E-state index >= 15 is 0 Å². The largest absolute Gasteiger partial charge is 0.444 e. The number of unbranched alkanes of at least 4 members (excludes halogenated alkanes) is 1. The van der Waals surface area contributed by atoms with Crippen molar-refractivity contribution in [3.05, 3.63) is 54.1 Å². The lowest BCUT2D eigenvalue weighted by Gasteiger charge is -2.33. The summed E-state index contributed by atoms with van der Waals surface area (Å²) >= 11 is 0. The molecule has 0 unspecified atom stereocenters. The van der Waals surface area contributed by atoms with Gasteiger partial charge in [0.2, 0.25) is 17.7 Å². The van der Waals surface area contributed by atoms with E-state index in [1.807, 2.05) is 30.3 Å². The molecular weight excluding hydrogens is 660 g/mol. The fourth-order valence-corrected chi connectivity index (χ4v) is 6.76. The number of nitrogens with one attached hydrogen (secondary N) is 5. The van der Waals surface area contributed by atoms with Crippen LogP contribution in [-0.2, 0) is 32.0 Å². The molecule has 0 spiro atoms. The van der Waals surface area contributed by atoms with Crippen LogP contribution in [0.3, 0.4) is 0 Å². The number of nitrogens with zero attached hydrogens (tertiary/aromatic N) is 1. The molecule has 12 heteroatoms. The monoisotopic (exact) mass is 724 g/mol. The molecule has 3 rings (SSSR count). The number of imidazole rings is 1. The Bertz CT molecular complexity index is 1360. The topological polar surface area (TPSA) is 175 Å². The third-order valence-corrected chi connectivity index (χ3v) is 9.79. The SMILES string of the molecule is CCCCNC(=O)C[C@@H](C[C@H](O)[C@H](CC1CCCCC1)NC(=O)[C@H](Cc1cnc[nH]1)NC(=O)[C@H](Cc1ccccc1)NC(=O)OC(C)(C)C)C(C)C. The van der Waals surface area contributed by atoms with Crippen LogP contribution in [0.5, 0.6) is 0 Å². The second kappa shape index (κ2) is 21.6. The number of benzene rings is 1. The molecule has 0 radical (unpaired) electrons.